The SMILES string of the molecule is CC1(C)Oc2ccc(C#N)cc2[C@@H](N)[C@@H]1O[N+](=O)[O-]. The monoisotopic (exact) mass is 263 g/mol. The quantitative estimate of drug-likeness (QED) is 0.636. The maximum absolute atomic E-state index is 10.6. The topological polar surface area (TPSA) is 111 Å². The largest absolute Gasteiger partial charge is 0.485 e. The molecule has 0 saturated carbocycles. The minimum absolute atomic E-state index is 0.414. The van der Waals surface area contributed by atoms with Gasteiger partial charge in [0.1, 0.15) is 11.4 Å². The Morgan fingerprint density at radius 2 is 2.26 bits per heavy atom. The second-order valence-electron chi connectivity index (χ2n) is 4.85. The number of fused-ring (bicyclic) bond motifs is 1. The average Bonchev–Trinajstić information content (AvgIpc) is 2.33. The number of nitrogens with two attached hydrogens (primary N) is 1. The molecular formula is C12H13N3O4. The lowest BCUT2D eigenvalue weighted by Gasteiger charge is -2.41. The van der Waals surface area contributed by atoms with Gasteiger partial charge >= 0.3 is 0 Å². The van der Waals surface area contributed by atoms with Crippen molar-refractivity contribution >= 4 is 0 Å². The second kappa shape index (κ2) is 4.40. The van der Waals surface area contributed by atoms with E-state index in [0.717, 1.165) is 0 Å². The van der Waals surface area contributed by atoms with Gasteiger partial charge in [0.25, 0.3) is 5.09 Å². The highest BCUT2D eigenvalue weighted by molar-refractivity contribution is 5.46. The maximum atomic E-state index is 10.6. The van der Waals surface area contributed by atoms with Gasteiger partial charge in [0, 0.05) is 5.56 Å². The van der Waals surface area contributed by atoms with Crippen LogP contribution in [0.1, 0.15) is 31.0 Å². The summed E-state index contributed by atoms with van der Waals surface area (Å²) in [4.78, 5) is 15.2. The summed E-state index contributed by atoms with van der Waals surface area (Å²) in [5, 5.41) is 18.5. The van der Waals surface area contributed by atoms with Crippen LogP contribution in [-0.4, -0.2) is 16.8 Å². The first-order chi connectivity index (χ1) is 8.85. The van der Waals surface area contributed by atoms with Crippen molar-refractivity contribution < 1.29 is 14.7 Å². The molecule has 0 spiro atoms. The lowest BCUT2D eigenvalue weighted by atomic mass is 9.86. The molecule has 2 rings (SSSR count). The minimum atomic E-state index is -0.941. The molecule has 0 saturated heterocycles. The third-order valence-corrected chi connectivity index (χ3v) is 3.08. The molecule has 0 fully saturated rings. The molecule has 2 atom stereocenters. The Kier molecular flexibility index (Phi) is 3.04. The van der Waals surface area contributed by atoms with Gasteiger partial charge in [-0.15, -0.1) is 10.1 Å². The van der Waals surface area contributed by atoms with Crippen LogP contribution in [0.25, 0.3) is 0 Å². The fourth-order valence-corrected chi connectivity index (χ4v) is 2.19. The van der Waals surface area contributed by atoms with Crippen molar-refractivity contribution in [3.63, 3.8) is 0 Å². The van der Waals surface area contributed by atoms with E-state index in [1.807, 2.05) is 6.07 Å². The van der Waals surface area contributed by atoms with Gasteiger partial charge in [-0.3, -0.25) is 0 Å². The Hall–Kier alpha value is -2.33. The fraction of sp³-hybridized carbons (Fsp3) is 0.417. The zero-order valence-electron chi connectivity index (χ0n) is 10.5. The molecule has 0 radical (unpaired) electrons. The average molecular weight is 263 g/mol. The van der Waals surface area contributed by atoms with Crippen LogP contribution >= 0.6 is 0 Å². The van der Waals surface area contributed by atoms with Gasteiger partial charge in [-0.1, -0.05) is 0 Å². The Morgan fingerprint density at radius 3 is 2.84 bits per heavy atom. The van der Waals surface area contributed by atoms with E-state index in [9.17, 15) is 10.1 Å². The lowest BCUT2D eigenvalue weighted by Crippen LogP contribution is -2.53. The van der Waals surface area contributed by atoms with Gasteiger partial charge in [0.05, 0.1) is 17.7 Å². The van der Waals surface area contributed by atoms with Crippen LogP contribution in [0, 0.1) is 21.4 Å². The summed E-state index contributed by atoms with van der Waals surface area (Å²) in [6, 6.07) is 6.05. The smallest absolute Gasteiger partial charge is 0.294 e. The molecule has 1 aliphatic heterocycles. The first-order valence-electron chi connectivity index (χ1n) is 5.65. The van der Waals surface area contributed by atoms with E-state index in [-0.39, 0.29) is 0 Å². The van der Waals surface area contributed by atoms with Crippen molar-refractivity contribution in [2.24, 2.45) is 5.73 Å². The van der Waals surface area contributed by atoms with Crippen LogP contribution < -0.4 is 10.5 Å². The van der Waals surface area contributed by atoms with Crippen molar-refractivity contribution in [1.29, 1.82) is 5.26 Å². The molecule has 1 heterocycles. The number of hydrogen-bond acceptors (Lipinski definition) is 6. The molecule has 19 heavy (non-hydrogen) atoms. The highest BCUT2D eigenvalue weighted by Crippen LogP contribution is 2.40. The van der Waals surface area contributed by atoms with Crippen molar-refractivity contribution in [2.45, 2.75) is 31.6 Å². The Balaban J connectivity index is 2.46. The van der Waals surface area contributed by atoms with E-state index < -0.39 is 22.8 Å². The third kappa shape index (κ3) is 2.30. The van der Waals surface area contributed by atoms with E-state index in [1.165, 1.54) is 0 Å². The van der Waals surface area contributed by atoms with Crippen molar-refractivity contribution in [1.82, 2.24) is 0 Å². The molecule has 7 nitrogen and oxygen atoms in total. The number of hydrogen-bond donors (Lipinski definition) is 1. The van der Waals surface area contributed by atoms with Crippen molar-refractivity contribution in [3.05, 3.63) is 39.4 Å². The summed E-state index contributed by atoms with van der Waals surface area (Å²) < 4.78 is 5.68. The van der Waals surface area contributed by atoms with Gasteiger partial charge in [0.15, 0.2) is 6.10 Å². The molecule has 1 aliphatic rings. The normalized spacial score (nSPS) is 23.7. The highest BCUT2D eigenvalue weighted by atomic mass is 17.0. The minimum Gasteiger partial charge on any atom is -0.485 e. The standard InChI is InChI=1S/C12H13N3O4/c1-12(2)11(19-15(16)17)10(14)8-5-7(6-13)3-4-9(8)18-12/h3-5,10-11H,14H2,1-2H3/t10-,11+/m1/s1. The van der Waals surface area contributed by atoms with E-state index in [0.29, 0.717) is 16.9 Å². The number of ether oxygens (including phenoxy) is 1. The van der Waals surface area contributed by atoms with Crippen LogP contribution in [0.2, 0.25) is 0 Å². The maximum Gasteiger partial charge on any atom is 0.294 e. The molecule has 100 valence electrons. The molecule has 1 aromatic carbocycles. The summed E-state index contributed by atoms with van der Waals surface area (Å²) >= 11 is 0. The van der Waals surface area contributed by atoms with E-state index in [1.54, 1.807) is 32.0 Å². The summed E-state index contributed by atoms with van der Waals surface area (Å²) in [6.07, 6.45) is -0.941. The van der Waals surface area contributed by atoms with Crippen LogP contribution in [0.4, 0.5) is 0 Å². The first-order valence-corrected chi connectivity index (χ1v) is 5.65. The first kappa shape index (κ1) is 13.1. The molecule has 0 unspecified atom stereocenters. The zero-order chi connectivity index (χ0) is 14.2. The number of rotatable bonds is 2. The Labute approximate surface area is 109 Å². The molecule has 0 aromatic heterocycles. The third-order valence-electron chi connectivity index (χ3n) is 3.08. The van der Waals surface area contributed by atoms with Crippen LogP contribution in [0.15, 0.2) is 18.2 Å². The fourth-order valence-electron chi connectivity index (χ4n) is 2.19. The molecule has 2 N–H and O–H groups in total. The molecular weight excluding hydrogens is 250 g/mol. The lowest BCUT2D eigenvalue weighted by molar-refractivity contribution is -0.773. The molecule has 1 aromatic rings. The number of nitriles is 1. The number of nitrogens with zero attached hydrogens (tertiary/aromatic N) is 2. The van der Waals surface area contributed by atoms with Crippen molar-refractivity contribution in [3.8, 4) is 11.8 Å². The van der Waals surface area contributed by atoms with Gasteiger partial charge in [-0.2, -0.15) is 5.26 Å². The predicted octanol–water partition coefficient (Wildman–Crippen LogP) is 1.31. The molecule has 7 heteroatoms. The van der Waals surface area contributed by atoms with E-state index in [4.69, 9.17) is 15.7 Å². The molecule has 0 amide bonds. The summed E-state index contributed by atoms with van der Waals surface area (Å²) in [5.41, 5.74) is 6.03. The second-order valence-corrected chi connectivity index (χ2v) is 4.85. The predicted molar refractivity (Wildman–Crippen MR) is 64.7 cm³/mol. The van der Waals surface area contributed by atoms with E-state index in [2.05, 4.69) is 4.84 Å². The summed E-state index contributed by atoms with van der Waals surface area (Å²) in [5.74, 6) is 0.514. The summed E-state index contributed by atoms with van der Waals surface area (Å²) in [7, 11) is 0. The van der Waals surface area contributed by atoms with Gasteiger partial charge in [-0.05, 0) is 32.0 Å². The van der Waals surface area contributed by atoms with Crippen molar-refractivity contribution in [2.75, 3.05) is 0 Å². The van der Waals surface area contributed by atoms with Gasteiger partial charge in [0.2, 0.25) is 0 Å². The zero-order valence-corrected chi connectivity index (χ0v) is 10.5. The molecule has 0 bridgehead atoms. The van der Waals surface area contributed by atoms with Crippen LogP contribution in [-0.2, 0) is 4.84 Å². The summed E-state index contributed by atoms with van der Waals surface area (Å²) in [6.45, 7) is 3.34. The van der Waals surface area contributed by atoms with E-state index >= 15 is 0 Å². The van der Waals surface area contributed by atoms with Crippen LogP contribution in [0.3, 0.4) is 0 Å². The van der Waals surface area contributed by atoms with Crippen LogP contribution in [0.5, 0.6) is 5.75 Å². The van der Waals surface area contributed by atoms with Gasteiger partial charge in [-0.25, -0.2) is 0 Å². The van der Waals surface area contributed by atoms with Gasteiger partial charge < -0.3 is 15.3 Å². The highest BCUT2D eigenvalue weighted by Gasteiger charge is 2.45. The Bertz CT molecular complexity index is 565. The Morgan fingerprint density at radius 1 is 1.58 bits per heavy atom. The number of benzene rings is 1. The molecule has 0 aliphatic carbocycles.